The molecule has 0 unspecified atom stereocenters. The van der Waals surface area contributed by atoms with E-state index in [9.17, 15) is 4.79 Å². The number of fused-ring (bicyclic) bond motifs is 1. The number of carbonyl (C=O) groups is 1. The fourth-order valence-electron chi connectivity index (χ4n) is 4.11. The van der Waals surface area contributed by atoms with E-state index in [1.54, 1.807) is 29.7 Å². The number of H-pyrrole nitrogens is 1. The summed E-state index contributed by atoms with van der Waals surface area (Å²) in [4.78, 5) is 24.5. The molecule has 35 heavy (non-hydrogen) atoms. The van der Waals surface area contributed by atoms with Crippen LogP contribution in [0.25, 0.3) is 22.4 Å². The summed E-state index contributed by atoms with van der Waals surface area (Å²) in [7, 11) is 2.14. The number of piperazine rings is 1. The lowest BCUT2D eigenvalue weighted by Gasteiger charge is -2.34. The van der Waals surface area contributed by atoms with Crippen LogP contribution in [0, 0.1) is 11.8 Å². The van der Waals surface area contributed by atoms with Gasteiger partial charge in [-0.05, 0) is 55.6 Å². The summed E-state index contributed by atoms with van der Waals surface area (Å²) in [5.41, 5.74) is 7.49. The minimum atomic E-state index is -0.554. The van der Waals surface area contributed by atoms with Crippen LogP contribution in [0.1, 0.15) is 21.5 Å². The van der Waals surface area contributed by atoms with Gasteiger partial charge in [-0.15, -0.1) is 0 Å². The number of amides is 1. The summed E-state index contributed by atoms with van der Waals surface area (Å²) >= 11 is 6.02. The zero-order valence-electron chi connectivity index (χ0n) is 19.2. The number of benzene rings is 3. The maximum Gasteiger partial charge on any atom is 0.274 e. The Kier molecular flexibility index (Phi) is 6.43. The van der Waals surface area contributed by atoms with Gasteiger partial charge in [-0.3, -0.25) is 10.0 Å². The number of anilines is 1. The summed E-state index contributed by atoms with van der Waals surface area (Å²) in [5.74, 6) is 6.77. The first-order valence-corrected chi connectivity index (χ1v) is 11.7. The van der Waals surface area contributed by atoms with E-state index in [1.165, 1.54) is 0 Å². The second kappa shape index (κ2) is 9.80. The van der Waals surface area contributed by atoms with Crippen LogP contribution < -0.4 is 10.4 Å². The summed E-state index contributed by atoms with van der Waals surface area (Å²) in [6.07, 6.45) is 0. The SMILES string of the molecule is CN1CCN(c2cc3nc(-c4ccc(C(=O)NO)cc4)[nH]c3cc2C#Cc2ccc(Cl)cc2)CC1. The Morgan fingerprint density at radius 2 is 1.74 bits per heavy atom. The molecule has 176 valence electrons. The zero-order valence-corrected chi connectivity index (χ0v) is 19.9. The summed E-state index contributed by atoms with van der Waals surface area (Å²) < 4.78 is 0. The molecule has 4 aromatic rings. The Labute approximate surface area is 208 Å². The highest BCUT2D eigenvalue weighted by Crippen LogP contribution is 2.29. The number of hydroxylamine groups is 1. The van der Waals surface area contributed by atoms with Crippen molar-refractivity contribution in [2.45, 2.75) is 0 Å². The molecule has 1 aliphatic heterocycles. The third-order valence-corrected chi connectivity index (χ3v) is 6.40. The molecule has 0 radical (unpaired) electrons. The lowest BCUT2D eigenvalue weighted by molar-refractivity contribution is 0.0706. The second-order valence-electron chi connectivity index (χ2n) is 8.54. The van der Waals surface area contributed by atoms with Gasteiger partial charge in [0.1, 0.15) is 5.82 Å². The monoisotopic (exact) mass is 485 g/mol. The Morgan fingerprint density at radius 1 is 1.03 bits per heavy atom. The van der Waals surface area contributed by atoms with E-state index in [4.69, 9.17) is 21.8 Å². The minimum Gasteiger partial charge on any atom is -0.368 e. The van der Waals surface area contributed by atoms with Crippen molar-refractivity contribution >= 4 is 34.2 Å². The van der Waals surface area contributed by atoms with Crippen LogP contribution in [-0.4, -0.2) is 59.2 Å². The highest BCUT2D eigenvalue weighted by atomic mass is 35.5. The lowest BCUT2D eigenvalue weighted by atomic mass is 10.1. The molecule has 0 aliphatic carbocycles. The quantitative estimate of drug-likeness (QED) is 0.230. The van der Waals surface area contributed by atoms with Gasteiger partial charge >= 0.3 is 0 Å². The van der Waals surface area contributed by atoms with Crippen molar-refractivity contribution < 1.29 is 10.0 Å². The third-order valence-electron chi connectivity index (χ3n) is 6.15. The van der Waals surface area contributed by atoms with Gasteiger partial charge in [0.2, 0.25) is 0 Å². The van der Waals surface area contributed by atoms with E-state index >= 15 is 0 Å². The van der Waals surface area contributed by atoms with Crippen molar-refractivity contribution in [2.24, 2.45) is 0 Å². The average molecular weight is 486 g/mol. The van der Waals surface area contributed by atoms with E-state index in [0.29, 0.717) is 16.4 Å². The number of aromatic nitrogens is 2. The Bertz CT molecular complexity index is 1430. The van der Waals surface area contributed by atoms with Gasteiger partial charge in [-0.1, -0.05) is 35.6 Å². The maximum atomic E-state index is 11.6. The number of nitrogens with zero attached hydrogens (tertiary/aromatic N) is 3. The summed E-state index contributed by atoms with van der Waals surface area (Å²) in [6, 6.07) is 18.5. The molecule has 0 spiro atoms. The van der Waals surface area contributed by atoms with Crippen molar-refractivity contribution in [1.29, 1.82) is 0 Å². The van der Waals surface area contributed by atoms with Crippen LogP contribution in [0.5, 0.6) is 0 Å². The van der Waals surface area contributed by atoms with Crippen molar-refractivity contribution in [3.05, 3.63) is 82.4 Å². The number of hydrogen-bond donors (Lipinski definition) is 3. The fraction of sp³-hybridized carbons (Fsp3) is 0.185. The van der Waals surface area contributed by atoms with Gasteiger partial charge < -0.3 is 14.8 Å². The van der Waals surface area contributed by atoms with Crippen molar-refractivity contribution in [3.63, 3.8) is 0 Å². The number of rotatable bonds is 3. The van der Waals surface area contributed by atoms with Crippen molar-refractivity contribution in [1.82, 2.24) is 20.3 Å². The predicted molar refractivity (Wildman–Crippen MR) is 138 cm³/mol. The van der Waals surface area contributed by atoms with E-state index < -0.39 is 5.91 Å². The minimum absolute atomic E-state index is 0.365. The van der Waals surface area contributed by atoms with E-state index in [0.717, 1.165) is 59.6 Å². The summed E-state index contributed by atoms with van der Waals surface area (Å²) in [6.45, 7) is 3.82. The van der Waals surface area contributed by atoms with Crippen LogP contribution in [0.4, 0.5) is 5.69 Å². The van der Waals surface area contributed by atoms with Crippen LogP contribution in [-0.2, 0) is 0 Å². The molecule has 1 amide bonds. The van der Waals surface area contributed by atoms with Crippen molar-refractivity contribution in [3.8, 4) is 23.2 Å². The Morgan fingerprint density at radius 3 is 2.43 bits per heavy atom. The highest BCUT2D eigenvalue weighted by Gasteiger charge is 2.19. The molecule has 3 N–H and O–H groups in total. The molecule has 8 heteroatoms. The number of nitrogens with one attached hydrogen (secondary N) is 2. The van der Waals surface area contributed by atoms with E-state index in [2.05, 4.69) is 45.8 Å². The van der Waals surface area contributed by atoms with Gasteiger partial charge in [-0.2, -0.15) is 0 Å². The largest absolute Gasteiger partial charge is 0.368 e. The number of carbonyl (C=O) groups excluding carboxylic acids is 1. The first-order valence-electron chi connectivity index (χ1n) is 11.3. The highest BCUT2D eigenvalue weighted by molar-refractivity contribution is 6.30. The Balaban J connectivity index is 1.54. The molecular formula is C27H24ClN5O2. The van der Waals surface area contributed by atoms with Crippen LogP contribution in [0.2, 0.25) is 5.02 Å². The average Bonchev–Trinajstić information content (AvgIpc) is 3.31. The number of halogens is 1. The fourth-order valence-corrected chi connectivity index (χ4v) is 4.23. The normalized spacial score (nSPS) is 14.0. The van der Waals surface area contributed by atoms with Crippen LogP contribution >= 0.6 is 11.6 Å². The second-order valence-corrected chi connectivity index (χ2v) is 8.97. The van der Waals surface area contributed by atoms with E-state index in [-0.39, 0.29) is 0 Å². The number of aromatic amines is 1. The molecule has 0 saturated carbocycles. The topological polar surface area (TPSA) is 84.5 Å². The molecule has 1 saturated heterocycles. The predicted octanol–water partition coefficient (Wildman–Crippen LogP) is 4.15. The zero-order chi connectivity index (χ0) is 24.4. The molecule has 1 fully saturated rings. The molecule has 0 atom stereocenters. The van der Waals surface area contributed by atoms with Crippen LogP contribution in [0.3, 0.4) is 0 Å². The van der Waals surface area contributed by atoms with Gasteiger partial charge in [0, 0.05) is 47.9 Å². The standard InChI is InChI=1S/C27H24ClN5O2/c1-32-12-14-33(15-13-32)25-17-24-23(16-21(25)5-2-18-3-10-22(28)11-4-18)29-26(30-24)19-6-8-20(9-7-19)27(34)31-35/h3-4,6-11,16-17,35H,12-15H2,1H3,(H,29,30)(H,31,34). The Hall–Kier alpha value is -3.83. The molecule has 2 heterocycles. The maximum absolute atomic E-state index is 11.6. The molecule has 1 aliphatic rings. The summed E-state index contributed by atoms with van der Waals surface area (Å²) in [5, 5.41) is 9.52. The molecule has 7 nitrogen and oxygen atoms in total. The van der Waals surface area contributed by atoms with Gasteiger partial charge in [0.15, 0.2) is 0 Å². The smallest absolute Gasteiger partial charge is 0.274 e. The first kappa shape index (κ1) is 22.9. The molecule has 3 aromatic carbocycles. The van der Waals surface area contributed by atoms with Crippen LogP contribution in [0.15, 0.2) is 60.7 Å². The number of imidazole rings is 1. The van der Waals surface area contributed by atoms with Gasteiger partial charge in [0.25, 0.3) is 5.91 Å². The van der Waals surface area contributed by atoms with Gasteiger partial charge in [0.05, 0.1) is 22.3 Å². The first-order chi connectivity index (χ1) is 17.0. The molecular weight excluding hydrogens is 462 g/mol. The van der Waals surface area contributed by atoms with Crippen molar-refractivity contribution in [2.75, 3.05) is 38.1 Å². The van der Waals surface area contributed by atoms with E-state index in [1.807, 2.05) is 24.3 Å². The lowest BCUT2D eigenvalue weighted by Crippen LogP contribution is -2.44. The van der Waals surface area contributed by atoms with Gasteiger partial charge in [-0.25, -0.2) is 10.5 Å². The molecule has 0 bridgehead atoms. The number of likely N-dealkylation sites (N-methyl/N-ethyl adjacent to an activating group) is 1. The molecule has 1 aromatic heterocycles. The molecule has 5 rings (SSSR count). The third kappa shape index (κ3) is 5.00. The number of hydrogen-bond acceptors (Lipinski definition) is 5.